The van der Waals surface area contributed by atoms with E-state index in [2.05, 4.69) is 0 Å². The first-order valence-electron chi connectivity index (χ1n) is 4.62. The number of phenols is 1. The Kier molecular flexibility index (Phi) is 3.18. The summed E-state index contributed by atoms with van der Waals surface area (Å²) in [6, 6.07) is 5.59. The molecule has 0 aliphatic rings. The summed E-state index contributed by atoms with van der Waals surface area (Å²) in [6.45, 7) is 5.89. The third-order valence-corrected chi connectivity index (χ3v) is 1.83. The molecule has 0 saturated heterocycles. The van der Waals surface area contributed by atoms with Crippen LogP contribution in [0.1, 0.15) is 26.3 Å². The van der Waals surface area contributed by atoms with Crippen LogP contribution >= 0.6 is 0 Å². The summed E-state index contributed by atoms with van der Waals surface area (Å²) in [7, 11) is 0. The molecular weight excluding hydrogens is 164 g/mol. The molecule has 0 unspecified atom stereocenters. The number of rotatable bonds is 3. The van der Waals surface area contributed by atoms with E-state index in [1.54, 1.807) is 6.07 Å². The van der Waals surface area contributed by atoms with E-state index < -0.39 is 0 Å². The van der Waals surface area contributed by atoms with Gasteiger partial charge in [0.2, 0.25) is 0 Å². The van der Waals surface area contributed by atoms with Crippen LogP contribution in [-0.2, 0) is 6.42 Å². The monoisotopic (exact) mass is 180 g/mol. The number of hydrogen-bond acceptors (Lipinski definition) is 2. The van der Waals surface area contributed by atoms with Gasteiger partial charge >= 0.3 is 0 Å². The largest absolute Gasteiger partial charge is 0.504 e. The SMILES string of the molecule is CCc1cccc(OC(C)C)c1O. The van der Waals surface area contributed by atoms with Crippen molar-refractivity contribution in [3.05, 3.63) is 23.8 Å². The Balaban J connectivity index is 2.94. The molecule has 72 valence electrons. The Bertz CT molecular complexity index is 279. The Morgan fingerprint density at radius 3 is 2.62 bits per heavy atom. The molecule has 1 rings (SSSR count). The van der Waals surface area contributed by atoms with Crippen LogP contribution in [0.3, 0.4) is 0 Å². The van der Waals surface area contributed by atoms with Crippen molar-refractivity contribution in [1.82, 2.24) is 0 Å². The van der Waals surface area contributed by atoms with Gasteiger partial charge < -0.3 is 9.84 Å². The van der Waals surface area contributed by atoms with Crippen molar-refractivity contribution in [1.29, 1.82) is 0 Å². The molecule has 0 aromatic heterocycles. The van der Waals surface area contributed by atoms with Crippen molar-refractivity contribution in [3.63, 3.8) is 0 Å². The summed E-state index contributed by atoms with van der Waals surface area (Å²) in [6.07, 6.45) is 0.916. The third-order valence-electron chi connectivity index (χ3n) is 1.83. The number of hydrogen-bond donors (Lipinski definition) is 1. The van der Waals surface area contributed by atoms with Crippen LogP contribution in [0.25, 0.3) is 0 Å². The lowest BCUT2D eigenvalue weighted by Gasteiger charge is -2.12. The molecule has 0 heterocycles. The number of para-hydroxylation sites is 1. The normalized spacial score (nSPS) is 10.5. The lowest BCUT2D eigenvalue weighted by molar-refractivity contribution is 0.231. The van der Waals surface area contributed by atoms with E-state index in [4.69, 9.17) is 4.74 Å². The van der Waals surface area contributed by atoms with Crippen LogP contribution in [0, 0.1) is 0 Å². The molecule has 0 atom stereocenters. The minimum atomic E-state index is 0.0954. The number of aryl methyl sites for hydroxylation is 1. The highest BCUT2D eigenvalue weighted by Gasteiger charge is 2.07. The smallest absolute Gasteiger partial charge is 0.161 e. The van der Waals surface area contributed by atoms with Gasteiger partial charge in [-0.1, -0.05) is 19.1 Å². The van der Waals surface area contributed by atoms with Gasteiger partial charge in [0, 0.05) is 0 Å². The Morgan fingerprint density at radius 2 is 2.08 bits per heavy atom. The topological polar surface area (TPSA) is 29.5 Å². The first-order chi connectivity index (χ1) is 6.15. The molecule has 1 aromatic rings. The zero-order valence-electron chi connectivity index (χ0n) is 8.37. The summed E-state index contributed by atoms with van der Waals surface area (Å²) in [4.78, 5) is 0. The molecule has 0 saturated carbocycles. The number of ether oxygens (including phenoxy) is 1. The fourth-order valence-corrected chi connectivity index (χ4v) is 1.20. The first kappa shape index (κ1) is 9.90. The highest BCUT2D eigenvalue weighted by Crippen LogP contribution is 2.30. The molecule has 0 spiro atoms. The van der Waals surface area contributed by atoms with E-state index in [9.17, 15) is 5.11 Å². The second kappa shape index (κ2) is 4.17. The second-order valence-electron chi connectivity index (χ2n) is 3.28. The minimum Gasteiger partial charge on any atom is -0.504 e. The molecule has 0 aliphatic carbocycles. The summed E-state index contributed by atoms with van der Waals surface area (Å²) < 4.78 is 5.44. The molecule has 1 aromatic carbocycles. The fraction of sp³-hybridized carbons (Fsp3) is 0.455. The van der Waals surface area contributed by atoms with Gasteiger partial charge in [-0.15, -0.1) is 0 Å². The molecule has 0 radical (unpaired) electrons. The van der Waals surface area contributed by atoms with Crippen molar-refractivity contribution in [2.45, 2.75) is 33.3 Å². The van der Waals surface area contributed by atoms with E-state index in [-0.39, 0.29) is 11.9 Å². The molecule has 13 heavy (non-hydrogen) atoms. The van der Waals surface area contributed by atoms with Crippen molar-refractivity contribution >= 4 is 0 Å². The lowest BCUT2D eigenvalue weighted by Crippen LogP contribution is -2.05. The van der Waals surface area contributed by atoms with Gasteiger partial charge in [-0.2, -0.15) is 0 Å². The summed E-state index contributed by atoms with van der Waals surface area (Å²) in [5.74, 6) is 0.855. The Labute approximate surface area is 79.2 Å². The van der Waals surface area contributed by atoms with Gasteiger partial charge in [-0.05, 0) is 31.9 Å². The summed E-state index contributed by atoms with van der Waals surface area (Å²) in [5, 5.41) is 9.71. The molecule has 0 bridgehead atoms. The van der Waals surface area contributed by atoms with E-state index in [1.807, 2.05) is 32.9 Å². The summed E-state index contributed by atoms with van der Waals surface area (Å²) in [5.41, 5.74) is 0.929. The maximum atomic E-state index is 9.71. The molecular formula is C11H16O2. The van der Waals surface area contributed by atoms with E-state index in [0.29, 0.717) is 5.75 Å². The predicted molar refractivity (Wildman–Crippen MR) is 53.2 cm³/mol. The van der Waals surface area contributed by atoms with Gasteiger partial charge in [-0.25, -0.2) is 0 Å². The number of phenolic OH excluding ortho intramolecular Hbond substituents is 1. The van der Waals surface area contributed by atoms with Gasteiger partial charge in [0.05, 0.1) is 6.10 Å². The van der Waals surface area contributed by atoms with Crippen molar-refractivity contribution < 1.29 is 9.84 Å². The van der Waals surface area contributed by atoms with Crippen LogP contribution in [0.15, 0.2) is 18.2 Å². The van der Waals surface area contributed by atoms with Crippen LogP contribution < -0.4 is 4.74 Å². The average Bonchev–Trinajstić information content (AvgIpc) is 2.08. The maximum absolute atomic E-state index is 9.71. The summed E-state index contributed by atoms with van der Waals surface area (Å²) >= 11 is 0. The predicted octanol–water partition coefficient (Wildman–Crippen LogP) is 2.74. The molecule has 0 aliphatic heterocycles. The fourth-order valence-electron chi connectivity index (χ4n) is 1.20. The number of benzene rings is 1. The Morgan fingerprint density at radius 1 is 1.38 bits per heavy atom. The van der Waals surface area contributed by atoms with E-state index in [0.717, 1.165) is 12.0 Å². The van der Waals surface area contributed by atoms with E-state index in [1.165, 1.54) is 0 Å². The standard InChI is InChI=1S/C11H16O2/c1-4-9-6-5-7-10(11(9)12)13-8(2)3/h5-8,12H,4H2,1-3H3. The zero-order chi connectivity index (χ0) is 9.84. The molecule has 2 heteroatoms. The molecule has 2 nitrogen and oxygen atoms in total. The van der Waals surface area contributed by atoms with E-state index >= 15 is 0 Å². The third kappa shape index (κ3) is 2.38. The van der Waals surface area contributed by atoms with Crippen LogP contribution in [0.5, 0.6) is 11.5 Å². The number of aromatic hydroxyl groups is 1. The highest BCUT2D eigenvalue weighted by molar-refractivity contribution is 5.45. The van der Waals surface area contributed by atoms with Gasteiger partial charge in [0.1, 0.15) is 0 Å². The molecule has 1 N–H and O–H groups in total. The second-order valence-corrected chi connectivity index (χ2v) is 3.28. The zero-order valence-corrected chi connectivity index (χ0v) is 8.37. The van der Waals surface area contributed by atoms with Crippen LogP contribution in [0.4, 0.5) is 0 Å². The molecule has 0 amide bonds. The Hall–Kier alpha value is -1.18. The first-order valence-corrected chi connectivity index (χ1v) is 4.62. The van der Waals surface area contributed by atoms with Crippen molar-refractivity contribution in [2.75, 3.05) is 0 Å². The highest BCUT2D eigenvalue weighted by atomic mass is 16.5. The quantitative estimate of drug-likeness (QED) is 0.775. The average molecular weight is 180 g/mol. The van der Waals surface area contributed by atoms with Crippen LogP contribution in [-0.4, -0.2) is 11.2 Å². The maximum Gasteiger partial charge on any atom is 0.161 e. The molecule has 0 fully saturated rings. The van der Waals surface area contributed by atoms with Gasteiger partial charge in [-0.3, -0.25) is 0 Å². The van der Waals surface area contributed by atoms with Crippen LogP contribution in [0.2, 0.25) is 0 Å². The van der Waals surface area contributed by atoms with Crippen molar-refractivity contribution in [2.24, 2.45) is 0 Å². The minimum absolute atomic E-state index is 0.0954. The van der Waals surface area contributed by atoms with Gasteiger partial charge in [0.25, 0.3) is 0 Å². The van der Waals surface area contributed by atoms with Crippen molar-refractivity contribution in [3.8, 4) is 11.5 Å². The lowest BCUT2D eigenvalue weighted by atomic mass is 10.1. The van der Waals surface area contributed by atoms with Gasteiger partial charge in [0.15, 0.2) is 11.5 Å².